The maximum atomic E-state index is 12.3. The Morgan fingerprint density at radius 1 is 1.45 bits per heavy atom. The van der Waals surface area contributed by atoms with E-state index in [0.717, 1.165) is 15.1 Å². The molecule has 1 N–H and O–H groups in total. The smallest absolute Gasteiger partial charge is 0.268 e. The lowest BCUT2D eigenvalue weighted by Crippen LogP contribution is -2.17. The highest BCUT2D eigenvalue weighted by molar-refractivity contribution is 9.10. The summed E-state index contributed by atoms with van der Waals surface area (Å²) in [6.07, 6.45) is 0. The molecule has 0 aliphatic heterocycles. The van der Waals surface area contributed by atoms with Gasteiger partial charge < -0.3 is 0 Å². The Morgan fingerprint density at radius 2 is 2.10 bits per heavy atom. The Bertz CT molecular complexity index is 796. The molecule has 10 heteroatoms. The summed E-state index contributed by atoms with van der Waals surface area (Å²) in [6, 6.07) is 2.02. The minimum Gasteiger partial charge on any atom is -0.268 e. The van der Waals surface area contributed by atoms with Crippen LogP contribution >= 0.6 is 27.3 Å². The lowest BCUT2D eigenvalue weighted by molar-refractivity contribution is 0.578. The summed E-state index contributed by atoms with van der Waals surface area (Å²) < 4.78 is 28.4. The zero-order chi connectivity index (χ0) is 15.1. The number of aromatic nitrogens is 3. The minimum absolute atomic E-state index is 0.0925. The monoisotopic (exact) mass is 375 g/mol. The highest BCUT2D eigenvalue weighted by atomic mass is 79.9. The van der Waals surface area contributed by atoms with Crippen molar-refractivity contribution in [3.8, 4) is 6.07 Å². The number of nitrogens with zero attached hydrogens (tertiary/aromatic N) is 4. The van der Waals surface area contributed by atoms with E-state index in [1.165, 1.54) is 18.4 Å². The molecule has 0 atom stereocenters. The van der Waals surface area contributed by atoms with E-state index in [2.05, 4.69) is 31.0 Å². The number of sulfonamides is 1. The number of rotatable bonds is 3. The van der Waals surface area contributed by atoms with Crippen molar-refractivity contribution in [3.05, 3.63) is 20.6 Å². The molecule has 0 aliphatic rings. The first-order chi connectivity index (χ1) is 9.27. The normalized spacial score (nSPS) is 11.3. The van der Waals surface area contributed by atoms with Gasteiger partial charge in [-0.25, -0.2) is 4.68 Å². The maximum Gasteiger partial charge on any atom is 0.282 e. The molecule has 0 spiro atoms. The second-order valence-corrected chi connectivity index (χ2v) is 7.59. The summed E-state index contributed by atoms with van der Waals surface area (Å²) in [6.45, 7) is 3.61. The molecule has 0 aromatic carbocycles. The van der Waals surface area contributed by atoms with E-state index < -0.39 is 10.0 Å². The van der Waals surface area contributed by atoms with Crippen molar-refractivity contribution in [1.29, 1.82) is 5.26 Å². The van der Waals surface area contributed by atoms with Crippen molar-refractivity contribution in [2.45, 2.75) is 18.9 Å². The quantitative estimate of drug-likeness (QED) is 0.882. The van der Waals surface area contributed by atoms with Crippen molar-refractivity contribution in [1.82, 2.24) is 15.0 Å². The van der Waals surface area contributed by atoms with E-state index in [1.54, 1.807) is 6.92 Å². The van der Waals surface area contributed by atoms with Gasteiger partial charge in [0.25, 0.3) is 10.0 Å². The molecule has 0 amide bonds. The van der Waals surface area contributed by atoms with Crippen LogP contribution in [0.2, 0.25) is 0 Å². The molecule has 2 rings (SSSR count). The summed E-state index contributed by atoms with van der Waals surface area (Å²) in [7, 11) is -2.39. The van der Waals surface area contributed by atoms with Crippen molar-refractivity contribution < 1.29 is 8.42 Å². The van der Waals surface area contributed by atoms with Crippen LogP contribution in [0.4, 0.5) is 5.00 Å². The fourth-order valence-electron chi connectivity index (χ4n) is 1.61. The largest absolute Gasteiger partial charge is 0.282 e. The van der Waals surface area contributed by atoms with Crippen LogP contribution in [0, 0.1) is 25.2 Å². The van der Waals surface area contributed by atoms with E-state index in [-0.39, 0.29) is 9.63 Å². The lowest BCUT2D eigenvalue weighted by Gasteiger charge is -2.06. The first-order valence-corrected chi connectivity index (χ1v) is 8.45. The van der Waals surface area contributed by atoms with Crippen molar-refractivity contribution in [3.63, 3.8) is 0 Å². The van der Waals surface area contributed by atoms with Crippen LogP contribution in [0.15, 0.2) is 9.63 Å². The fourth-order valence-corrected chi connectivity index (χ4v) is 5.03. The average Bonchev–Trinajstić information content (AvgIpc) is 2.80. The molecule has 7 nitrogen and oxygen atoms in total. The van der Waals surface area contributed by atoms with Gasteiger partial charge in [0.2, 0.25) is 5.03 Å². The summed E-state index contributed by atoms with van der Waals surface area (Å²) in [5.74, 6) is 0. The summed E-state index contributed by atoms with van der Waals surface area (Å²) in [5.41, 5.74) is 1.11. The molecule has 2 heterocycles. The highest BCUT2D eigenvalue weighted by Crippen LogP contribution is 2.33. The van der Waals surface area contributed by atoms with E-state index >= 15 is 0 Å². The van der Waals surface area contributed by atoms with Crippen molar-refractivity contribution in [2.75, 3.05) is 4.72 Å². The number of anilines is 1. The van der Waals surface area contributed by atoms with E-state index in [1.807, 2.05) is 13.0 Å². The lowest BCUT2D eigenvalue weighted by atomic mass is 10.2. The molecule has 2 aromatic rings. The molecule has 0 radical (unpaired) electrons. The average molecular weight is 376 g/mol. The van der Waals surface area contributed by atoms with Crippen LogP contribution in [0.1, 0.15) is 16.0 Å². The third-order valence-electron chi connectivity index (χ3n) is 2.72. The number of hydrogen-bond donors (Lipinski definition) is 1. The first kappa shape index (κ1) is 15.0. The molecular weight excluding hydrogens is 366 g/mol. The van der Waals surface area contributed by atoms with Gasteiger partial charge >= 0.3 is 0 Å². The van der Waals surface area contributed by atoms with Crippen LogP contribution in [0.3, 0.4) is 0 Å². The molecule has 0 saturated heterocycles. The SMILES string of the molecule is Cc1sc(NS(=O)(=O)c2c(Br)nnn2C)c(C#N)c1C. The Balaban J connectivity index is 2.50. The van der Waals surface area contributed by atoms with Crippen molar-refractivity contribution >= 4 is 42.3 Å². The van der Waals surface area contributed by atoms with Gasteiger partial charge in [-0.1, -0.05) is 5.21 Å². The molecule has 0 fully saturated rings. The molecule has 2 aromatic heterocycles. The fraction of sp³-hybridized carbons (Fsp3) is 0.300. The number of halogens is 1. The van der Waals surface area contributed by atoms with E-state index in [4.69, 9.17) is 5.26 Å². The minimum atomic E-state index is -3.87. The molecular formula is C10H10BrN5O2S2. The first-order valence-electron chi connectivity index (χ1n) is 5.36. The predicted octanol–water partition coefficient (Wildman–Crippen LogP) is 1.93. The Morgan fingerprint density at radius 3 is 2.60 bits per heavy atom. The number of nitriles is 1. The zero-order valence-corrected chi connectivity index (χ0v) is 14.0. The number of nitrogens with one attached hydrogen (secondary N) is 1. The van der Waals surface area contributed by atoms with Gasteiger partial charge in [0, 0.05) is 11.9 Å². The molecule has 0 aliphatic carbocycles. The maximum absolute atomic E-state index is 12.3. The zero-order valence-electron chi connectivity index (χ0n) is 10.8. The predicted molar refractivity (Wildman–Crippen MR) is 78.0 cm³/mol. The molecule has 0 saturated carbocycles. The Labute approximate surface area is 128 Å². The second kappa shape index (κ2) is 5.16. The van der Waals surface area contributed by atoms with E-state index in [9.17, 15) is 8.42 Å². The number of thiophene rings is 1. The number of aryl methyl sites for hydroxylation is 2. The van der Waals surface area contributed by atoms with Gasteiger partial charge in [-0.3, -0.25) is 4.72 Å². The molecule has 20 heavy (non-hydrogen) atoms. The van der Waals surface area contributed by atoms with Crippen LogP contribution in [-0.4, -0.2) is 23.4 Å². The van der Waals surface area contributed by atoms with Gasteiger partial charge in [-0.2, -0.15) is 13.7 Å². The van der Waals surface area contributed by atoms with Gasteiger partial charge in [-0.05, 0) is 35.3 Å². The van der Waals surface area contributed by atoms with Crippen LogP contribution < -0.4 is 4.72 Å². The molecule has 106 valence electrons. The van der Waals surface area contributed by atoms with Gasteiger partial charge in [0.15, 0.2) is 4.60 Å². The van der Waals surface area contributed by atoms with Gasteiger partial charge in [0.05, 0.1) is 5.56 Å². The summed E-state index contributed by atoms with van der Waals surface area (Å²) in [5, 5.41) is 16.6. The van der Waals surface area contributed by atoms with Gasteiger partial charge in [0.1, 0.15) is 11.1 Å². The number of hydrogen-bond acceptors (Lipinski definition) is 6. The van der Waals surface area contributed by atoms with Crippen LogP contribution in [0.5, 0.6) is 0 Å². The van der Waals surface area contributed by atoms with Crippen LogP contribution in [-0.2, 0) is 17.1 Å². The second-order valence-electron chi connectivity index (χ2n) is 4.01. The Kier molecular flexibility index (Phi) is 3.86. The van der Waals surface area contributed by atoms with Crippen LogP contribution in [0.25, 0.3) is 0 Å². The third kappa shape index (κ3) is 2.44. The third-order valence-corrected chi connectivity index (χ3v) is 6.20. The summed E-state index contributed by atoms with van der Waals surface area (Å²) in [4.78, 5) is 0.890. The molecule has 0 bridgehead atoms. The van der Waals surface area contributed by atoms with Gasteiger partial charge in [-0.15, -0.1) is 16.4 Å². The topological polar surface area (TPSA) is 101 Å². The van der Waals surface area contributed by atoms with E-state index in [0.29, 0.717) is 10.6 Å². The van der Waals surface area contributed by atoms with Crippen molar-refractivity contribution in [2.24, 2.45) is 7.05 Å². The summed E-state index contributed by atoms with van der Waals surface area (Å²) >= 11 is 4.27. The highest BCUT2D eigenvalue weighted by Gasteiger charge is 2.26. The molecule has 0 unspecified atom stereocenters. The Hall–Kier alpha value is -1.44. The standard InChI is InChI=1S/C10H10BrN5O2S2/c1-5-6(2)19-9(7(5)4-12)14-20(17,18)10-8(11)13-15-16(10)3/h14H,1-3H3.